The van der Waals surface area contributed by atoms with Crippen molar-refractivity contribution in [2.24, 2.45) is 5.10 Å². The summed E-state index contributed by atoms with van der Waals surface area (Å²) in [6, 6.07) is 2.69. The van der Waals surface area contributed by atoms with Crippen LogP contribution in [0.1, 0.15) is 36.1 Å². The molecule has 1 unspecified atom stereocenters. The highest BCUT2D eigenvalue weighted by molar-refractivity contribution is 5.96. The van der Waals surface area contributed by atoms with Crippen LogP contribution in [0.2, 0.25) is 0 Å². The standard InChI is InChI=1S/C12H13F3N2O3/c1-3-8-6-11(19,12(13,14)15)17(16-8)10(18)9-5-4-7(2)20-9/h4-5,19H,3,6H2,1-2H3. The van der Waals surface area contributed by atoms with Gasteiger partial charge in [-0.1, -0.05) is 6.92 Å². The molecule has 1 aliphatic heterocycles. The number of carbonyl (C=O) groups is 1. The lowest BCUT2D eigenvalue weighted by molar-refractivity contribution is -0.297. The summed E-state index contributed by atoms with van der Waals surface area (Å²) in [6.45, 7) is 3.15. The Kier molecular flexibility index (Phi) is 3.37. The summed E-state index contributed by atoms with van der Waals surface area (Å²) in [6.07, 6.45) is -5.55. The molecular weight excluding hydrogens is 277 g/mol. The number of hydrogen-bond donors (Lipinski definition) is 1. The van der Waals surface area contributed by atoms with E-state index in [0.29, 0.717) is 5.76 Å². The number of halogens is 3. The van der Waals surface area contributed by atoms with Crippen LogP contribution in [0.3, 0.4) is 0 Å². The summed E-state index contributed by atoms with van der Waals surface area (Å²) in [4.78, 5) is 12.0. The van der Waals surface area contributed by atoms with Crippen molar-refractivity contribution in [2.45, 2.75) is 38.6 Å². The Bertz CT molecular complexity index is 565. The van der Waals surface area contributed by atoms with Crippen molar-refractivity contribution in [2.75, 3.05) is 0 Å². The van der Waals surface area contributed by atoms with Gasteiger partial charge in [-0.15, -0.1) is 0 Å². The maximum absolute atomic E-state index is 13.0. The number of amides is 1. The van der Waals surface area contributed by atoms with Crippen LogP contribution in [0, 0.1) is 6.92 Å². The van der Waals surface area contributed by atoms with E-state index in [1.807, 2.05) is 0 Å². The molecular formula is C12H13F3N2O3. The van der Waals surface area contributed by atoms with Crippen LogP contribution in [-0.4, -0.2) is 33.6 Å². The Morgan fingerprint density at radius 1 is 1.55 bits per heavy atom. The molecule has 1 amide bonds. The Morgan fingerprint density at radius 2 is 2.20 bits per heavy atom. The van der Waals surface area contributed by atoms with E-state index in [-0.39, 0.29) is 22.9 Å². The number of furan rings is 1. The van der Waals surface area contributed by atoms with Gasteiger partial charge in [-0.05, 0) is 25.5 Å². The summed E-state index contributed by atoms with van der Waals surface area (Å²) in [5.74, 6) is -1.05. The molecule has 1 N–H and O–H groups in total. The molecule has 0 radical (unpaired) electrons. The lowest BCUT2D eigenvalue weighted by Gasteiger charge is -2.32. The SMILES string of the molecule is CCC1=NN(C(=O)c2ccc(C)o2)C(O)(C(F)(F)F)C1. The zero-order valence-electron chi connectivity index (χ0n) is 10.9. The molecule has 8 heteroatoms. The fourth-order valence-corrected chi connectivity index (χ4v) is 1.90. The summed E-state index contributed by atoms with van der Waals surface area (Å²) in [5.41, 5.74) is -3.22. The second-order valence-corrected chi connectivity index (χ2v) is 4.54. The average molecular weight is 290 g/mol. The minimum absolute atomic E-state index is 0.0596. The van der Waals surface area contributed by atoms with E-state index in [0.717, 1.165) is 0 Å². The van der Waals surface area contributed by atoms with Gasteiger partial charge < -0.3 is 9.52 Å². The van der Waals surface area contributed by atoms with Crippen LogP contribution in [0.15, 0.2) is 21.7 Å². The van der Waals surface area contributed by atoms with Crippen LogP contribution in [0.4, 0.5) is 13.2 Å². The first-order valence-electron chi connectivity index (χ1n) is 5.95. The lowest BCUT2D eigenvalue weighted by atomic mass is 10.1. The maximum Gasteiger partial charge on any atom is 0.438 e. The molecule has 0 aromatic carbocycles. The Hall–Kier alpha value is -1.83. The lowest BCUT2D eigenvalue weighted by Crippen LogP contribution is -2.56. The van der Waals surface area contributed by atoms with Gasteiger partial charge >= 0.3 is 12.1 Å². The average Bonchev–Trinajstić information content (AvgIpc) is 2.92. The van der Waals surface area contributed by atoms with Crippen LogP contribution in [-0.2, 0) is 0 Å². The van der Waals surface area contributed by atoms with E-state index in [1.165, 1.54) is 12.1 Å². The summed E-state index contributed by atoms with van der Waals surface area (Å²) < 4.78 is 44.1. The van der Waals surface area contributed by atoms with E-state index in [9.17, 15) is 23.1 Å². The number of hydrogen-bond acceptors (Lipinski definition) is 4. The van der Waals surface area contributed by atoms with Gasteiger partial charge in [0.1, 0.15) is 5.76 Å². The molecule has 1 aliphatic rings. The Balaban J connectivity index is 2.40. The largest absolute Gasteiger partial charge is 0.456 e. The minimum atomic E-state index is -5.01. The fraction of sp³-hybridized carbons (Fsp3) is 0.500. The fourth-order valence-electron chi connectivity index (χ4n) is 1.90. The number of alkyl halides is 3. The molecule has 2 heterocycles. The molecule has 1 aromatic rings. The van der Waals surface area contributed by atoms with Gasteiger partial charge in [0.25, 0.3) is 5.72 Å². The van der Waals surface area contributed by atoms with Gasteiger partial charge in [-0.25, -0.2) is 0 Å². The van der Waals surface area contributed by atoms with Crippen molar-refractivity contribution in [3.63, 3.8) is 0 Å². The molecule has 1 aromatic heterocycles. The molecule has 20 heavy (non-hydrogen) atoms. The zero-order chi connectivity index (χ0) is 15.1. The van der Waals surface area contributed by atoms with Gasteiger partial charge in [0.15, 0.2) is 5.76 Å². The molecule has 0 saturated carbocycles. The Morgan fingerprint density at radius 3 is 2.65 bits per heavy atom. The second kappa shape index (κ2) is 4.62. The van der Waals surface area contributed by atoms with Crippen molar-refractivity contribution >= 4 is 11.6 Å². The monoisotopic (exact) mass is 290 g/mol. The zero-order valence-corrected chi connectivity index (χ0v) is 10.9. The summed E-state index contributed by atoms with van der Waals surface area (Å²) >= 11 is 0. The van der Waals surface area contributed by atoms with Crippen molar-refractivity contribution in [1.82, 2.24) is 5.01 Å². The van der Waals surface area contributed by atoms with Crippen LogP contribution in [0.25, 0.3) is 0 Å². The number of nitrogens with zero attached hydrogens (tertiary/aromatic N) is 2. The smallest absolute Gasteiger partial charge is 0.438 e. The third-order valence-corrected chi connectivity index (χ3v) is 3.05. The number of rotatable bonds is 2. The highest BCUT2D eigenvalue weighted by Crippen LogP contribution is 2.41. The topological polar surface area (TPSA) is 66.0 Å². The van der Waals surface area contributed by atoms with Crippen molar-refractivity contribution in [3.05, 3.63) is 23.7 Å². The van der Waals surface area contributed by atoms with Gasteiger partial charge in [-0.3, -0.25) is 4.79 Å². The molecule has 0 aliphatic carbocycles. The van der Waals surface area contributed by atoms with Gasteiger partial charge in [0, 0.05) is 12.1 Å². The highest BCUT2D eigenvalue weighted by Gasteiger charge is 2.63. The van der Waals surface area contributed by atoms with E-state index in [2.05, 4.69) is 5.10 Å². The molecule has 0 fully saturated rings. The third kappa shape index (κ3) is 2.20. The summed E-state index contributed by atoms with van der Waals surface area (Å²) in [5, 5.41) is 13.5. The van der Waals surface area contributed by atoms with Crippen LogP contribution in [0.5, 0.6) is 0 Å². The molecule has 110 valence electrons. The molecule has 0 saturated heterocycles. The van der Waals surface area contributed by atoms with Gasteiger partial charge in [-0.2, -0.15) is 23.3 Å². The van der Waals surface area contributed by atoms with Crippen LogP contribution >= 0.6 is 0 Å². The summed E-state index contributed by atoms with van der Waals surface area (Å²) in [7, 11) is 0. The van der Waals surface area contributed by atoms with Gasteiger partial charge in [0.2, 0.25) is 0 Å². The van der Waals surface area contributed by atoms with E-state index < -0.39 is 24.2 Å². The molecule has 1 atom stereocenters. The number of aryl methyl sites for hydroxylation is 1. The number of hydrazone groups is 1. The quantitative estimate of drug-likeness (QED) is 0.909. The second-order valence-electron chi connectivity index (χ2n) is 4.54. The molecule has 2 rings (SSSR count). The van der Waals surface area contributed by atoms with Crippen molar-refractivity contribution in [3.8, 4) is 0 Å². The minimum Gasteiger partial charge on any atom is -0.456 e. The molecule has 0 spiro atoms. The van der Waals surface area contributed by atoms with E-state index in [4.69, 9.17) is 4.42 Å². The number of carbonyl (C=O) groups excluding carboxylic acids is 1. The van der Waals surface area contributed by atoms with Crippen molar-refractivity contribution < 1.29 is 27.5 Å². The third-order valence-electron chi connectivity index (χ3n) is 3.05. The number of aliphatic hydroxyl groups is 1. The predicted octanol–water partition coefficient (Wildman–Crippen LogP) is 2.45. The maximum atomic E-state index is 13.0. The molecule has 0 bridgehead atoms. The van der Waals surface area contributed by atoms with Crippen LogP contribution < -0.4 is 0 Å². The first-order valence-corrected chi connectivity index (χ1v) is 5.95. The van der Waals surface area contributed by atoms with E-state index >= 15 is 0 Å². The van der Waals surface area contributed by atoms with E-state index in [1.54, 1.807) is 13.8 Å². The Labute approximate surface area is 112 Å². The molecule has 5 nitrogen and oxygen atoms in total. The highest BCUT2D eigenvalue weighted by atomic mass is 19.4. The van der Waals surface area contributed by atoms with Crippen molar-refractivity contribution in [1.29, 1.82) is 0 Å². The van der Waals surface area contributed by atoms with Gasteiger partial charge in [0.05, 0.1) is 0 Å². The predicted molar refractivity (Wildman–Crippen MR) is 63.0 cm³/mol. The normalized spacial score (nSPS) is 23.1. The first-order chi connectivity index (χ1) is 9.19. The first kappa shape index (κ1) is 14.6.